The van der Waals surface area contributed by atoms with Crippen molar-refractivity contribution in [1.29, 1.82) is 0 Å². The van der Waals surface area contributed by atoms with Crippen LogP contribution in [0.3, 0.4) is 0 Å². The molecule has 0 fully saturated rings. The third-order valence-electron chi connectivity index (χ3n) is 6.34. The number of hydrogen-bond donors (Lipinski definition) is 3. The second kappa shape index (κ2) is 23.1. The summed E-state index contributed by atoms with van der Waals surface area (Å²) in [4.78, 5) is 24.3. The summed E-state index contributed by atoms with van der Waals surface area (Å²) in [5, 5.41) is 6.16. The summed E-state index contributed by atoms with van der Waals surface area (Å²) >= 11 is 0. The van der Waals surface area contributed by atoms with Gasteiger partial charge in [-0.05, 0) is 44.6 Å². The predicted molar refractivity (Wildman–Crippen MR) is 138 cm³/mol. The molecule has 0 aromatic rings. The summed E-state index contributed by atoms with van der Waals surface area (Å²) in [6.07, 6.45) is 19.4. The lowest BCUT2D eigenvalue weighted by molar-refractivity contribution is -0.126. The standard InChI is InChI=1S/C27H55N3O2/c1-4-5-6-7-8-9-10-11-14-20-26(31)29-22-17-12-13-18-23-30-27(32)25(24(2)3)19-15-16-21-28/h24-25H,4-23,28H2,1-3H3,(H,29,31)(H,30,32). The highest BCUT2D eigenvalue weighted by atomic mass is 16.2. The molecule has 0 spiro atoms. The van der Waals surface area contributed by atoms with Gasteiger partial charge in [0.1, 0.15) is 0 Å². The van der Waals surface area contributed by atoms with Gasteiger partial charge in [-0.15, -0.1) is 0 Å². The number of nitrogens with one attached hydrogen (secondary N) is 2. The van der Waals surface area contributed by atoms with Crippen molar-refractivity contribution in [2.45, 2.75) is 130 Å². The van der Waals surface area contributed by atoms with Gasteiger partial charge in [-0.2, -0.15) is 0 Å². The van der Waals surface area contributed by atoms with Gasteiger partial charge in [0.2, 0.25) is 11.8 Å². The molecule has 0 aliphatic carbocycles. The van der Waals surface area contributed by atoms with E-state index in [1.165, 1.54) is 51.4 Å². The van der Waals surface area contributed by atoms with E-state index in [2.05, 4.69) is 31.4 Å². The molecule has 1 atom stereocenters. The quantitative estimate of drug-likeness (QED) is 0.163. The van der Waals surface area contributed by atoms with Crippen LogP contribution in [0.4, 0.5) is 0 Å². The minimum atomic E-state index is 0.0996. The van der Waals surface area contributed by atoms with Gasteiger partial charge in [0.25, 0.3) is 0 Å². The van der Waals surface area contributed by atoms with Crippen molar-refractivity contribution in [2.24, 2.45) is 17.6 Å². The molecule has 0 aliphatic heterocycles. The van der Waals surface area contributed by atoms with Crippen LogP contribution in [0.25, 0.3) is 0 Å². The van der Waals surface area contributed by atoms with Gasteiger partial charge in [-0.1, -0.05) is 91.4 Å². The molecule has 32 heavy (non-hydrogen) atoms. The van der Waals surface area contributed by atoms with Crippen LogP contribution in [0.1, 0.15) is 130 Å². The fourth-order valence-corrected chi connectivity index (χ4v) is 4.13. The molecule has 0 rings (SSSR count). The van der Waals surface area contributed by atoms with Crippen molar-refractivity contribution in [3.05, 3.63) is 0 Å². The summed E-state index contributed by atoms with van der Waals surface area (Å²) in [6, 6.07) is 0. The average Bonchev–Trinajstić information content (AvgIpc) is 2.77. The molecule has 0 aromatic carbocycles. The lowest BCUT2D eigenvalue weighted by Crippen LogP contribution is -2.34. The molecule has 0 saturated carbocycles. The molecule has 1 unspecified atom stereocenters. The molecule has 0 heterocycles. The van der Waals surface area contributed by atoms with Crippen LogP contribution in [0.2, 0.25) is 0 Å². The fourth-order valence-electron chi connectivity index (χ4n) is 4.13. The fraction of sp³-hybridized carbons (Fsp3) is 0.926. The van der Waals surface area contributed by atoms with Crippen LogP contribution >= 0.6 is 0 Å². The van der Waals surface area contributed by atoms with Gasteiger partial charge < -0.3 is 16.4 Å². The van der Waals surface area contributed by atoms with E-state index < -0.39 is 0 Å². The minimum absolute atomic E-state index is 0.0996. The summed E-state index contributed by atoms with van der Waals surface area (Å²) in [7, 11) is 0. The largest absolute Gasteiger partial charge is 0.356 e. The molecular formula is C27H55N3O2. The van der Waals surface area contributed by atoms with E-state index in [0.717, 1.165) is 64.5 Å². The summed E-state index contributed by atoms with van der Waals surface area (Å²) in [5.41, 5.74) is 5.56. The lowest BCUT2D eigenvalue weighted by Gasteiger charge is -2.20. The zero-order valence-corrected chi connectivity index (χ0v) is 21.7. The number of nitrogens with two attached hydrogens (primary N) is 1. The minimum Gasteiger partial charge on any atom is -0.356 e. The SMILES string of the molecule is CCCCCCCCCCCC(=O)NCCCCCCNC(=O)C(CCCCN)C(C)C. The summed E-state index contributed by atoms with van der Waals surface area (Å²) < 4.78 is 0. The monoisotopic (exact) mass is 453 g/mol. The Morgan fingerprint density at radius 1 is 0.688 bits per heavy atom. The van der Waals surface area contributed by atoms with Gasteiger partial charge in [0.15, 0.2) is 0 Å². The molecule has 0 aliphatic rings. The smallest absolute Gasteiger partial charge is 0.223 e. The first-order valence-electron chi connectivity index (χ1n) is 13.8. The first-order chi connectivity index (χ1) is 15.5. The van der Waals surface area contributed by atoms with E-state index in [0.29, 0.717) is 18.9 Å². The summed E-state index contributed by atoms with van der Waals surface area (Å²) in [6.45, 7) is 8.73. The molecule has 0 aromatic heterocycles. The number of unbranched alkanes of at least 4 members (excludes halogenated alkanes) is 12. The average molecular weight is 454 g/mol. The van der Waals surface area contributed by atoms with E-state index in [1.54, 1.807) is 0 Å². The Kier molecular flexibility index (Phi) is 22.3. The zero-order valence-electron chi connectivity index (χ0n) is 21.7. The summed E-state index contributed by atoms with van der Waals surface area (Å²) in [5.74, 6) is 0.866. The van der Waals surface area contributed by atoms with Crippen LogP contribution in [0, 0.1) is 11.8 Å². The number of amides is 2. The zero-order chi connectivity index (χ0) is 23.9. The van der Waals surface area contributed by atoms with Crippen LogP contribution in [0.5, 0.6) is 0 Å². The Balaban J connectivity index is 3.51. The van der Waals surface area contributed by atoms with Crippen molar-refractivity contribution in [1.82, 2.24) is 10.6 Å². The molecule has 4 N–H and O–H groups in total. The number of rotatable bonds is 23. The number of carbonyl (C=O) groups excluding carboxylic acids is 2. The van der Waals surface area contributed by atoms with Gasteiger partial charge in [-0.3, -0.25) is 9.59 Å². The van der Waals surface area contributed by atoms with Crippen molar-refractivity contribution in [3.8, 4) is 0 Å². The highest BCUT2D eigenvalue weighted by Gasteiger charge is 2.20. The first-order valence-corrected chi connectivity index (χ1v) is 13.8. The van der Waals surface area contributed by atoms with Crippen molar-refractivity contribution >= 4 is 11.8 Å². The normalized spacial score (nSPS) is 12.2. The van der Waals surface area contributed by atoms with E-state index in [9.17, 15) is 9.59 Å². The Labute approximate surface area is 199 Å². The first kappa shape index (κ1) is 30.9. The molecular weight excluding hydrogens is 398 g/mol. The van der Waals surface area contributed by atoms with Crippen molar-refractivity contribution < 1.29 is 9.59 Å². The second-order valence-corrected chi connectivity index (χ2v) is 9.77. The van der Waals surface area contributed by atoms with E-state index in [4.69, 9.17) is 5.73 Å². The lowest BCUT2D eigenvalue weighted by atomic mass is 9.89. The Morgan fingerprint density at radius 2 is 1.22 bits per heavy atom. The molecule has 0 radical (unpaired) electrons. The second-order valence-electron chi connectivity index (χ2n) is 9.77. The van der Waals surface area contributed by atoms with Crippen LogP contribution in [-0.2, 0) is 9.59 Å². The van der Waals surface area contributed by atoms with Gasteiger partial charge in [0.05, 0.1) is 0 Å². The number of carbonyl (C=O) groups is 2. The Hall–Kier alpha value is -1.10. The predicted octanol–water partition coefficient (Wildman–Crippen LogP) is 6.10. The molecule has 0 saturated heterocycles. The van der Waals surface area contributed by atoms with Gasteiger partial charge >= 0.3 is 0 Å². The van der Waals surface area contributed by atoms with Gasteiger partial charge in [-0.25, -0.2) is 0 Å². The van der Waals surface area contributed by atoms with Crippen LogP contribution in [0.15, 0.2) is 0 Å². The molecule has 5 heteroatoms. The maximum Gasteiger partial charge on any atom is 0.223 e. The Bertz CT molecular complexity index is 441. The third kappa shape index (κ3) is 19.6. The molecule has 190 valence electrons. The molecule has 2 amide bonds. The number of hydrogen-bond acceptors (Lipinski definition) is 3. The molecule has 5 nitrogen and oxygen atoms in total. The highest BCUT2D eigenvalue weighted by Crippen LogP contribution is 2.18. The Morgan fingerprint density at radius 3 is 1.78 bits per heavy atom. The maximum absolute atomic E-state index is 12.4. The highest BCUT2D eigenvalue weighted by molar-refractivity contribution is 5.78. The topological polar surface area (TPSA) is 84.2 Å². The van der Waals surface area contributed by atoms with Crippen molar-refractivity contribution in [2.75, 3.05) is 19.6 Å². The van der Waals surface area contributed by atoms with Crippen LogP contribution in [-0.4, -0.2) is 31.4 Å². The van der Waals surface area contributed by atoms with E-state index >= 15 is 0 Å². The molecule has 0 bridgehead atoms. The van der Waals surface area contributed by atoms with Crippen LogP contribution < -0.4 is 16.4 Å². The maximum atomic E-state index is 12.4. The van der Waals surface area contributed by atoms with Gasteiger partial charge in [0, 0.05) is 25.4 Å². The van der Waals surface area contributed by atoms with Crippen molar-refractivity contribution in [3.63, 3.8) is 0 Å². The van der Waals surface area contributed by atoms with E-state index in [-0.39, 0.29) is 17.7 Å². The van der Waals surface area contributed by atoms with E-state index in [1.807, 2.05) is 0 Å². The third-order valence-corrected chi connectivity index (χ3v) is 6.34.